The molecule has 0 rings (SSSR count). The van der Waals surface area contributed by atoms with E-state index in [9.17, 15) is 4.79 Å². The van der Waals surface area contributed by atoms with Gasteiger partial charge < -0.3 is 16.2 Å². The van der Waals surface area contributed by atoms with Crippen molar-refractivity contribution in [3.8, 4) is 0 Å². The Kier molecular flexibility index (Phi) is 6.52. The predicted molar refractivity (Wildman–Crippen MR) is 61.6 cm³/mol. The smallest absolute Gasteiger partial charge is 0.321 e. The Morgan fingerprint density at radius 2 is 1.67 bits per heavy atom. The number of rotatable bonds is 7. The zero-order chi connectivity index (χ0) is 12.0. The van der Waals surface area contributed by atoms with E-state index in [0.29, 0.717) is 24.3 Å². The second-order valence-corrected chi connectivity index (χ2v) is 4.75. The van der Waals surface area contributed by atoms with Gasteiger partial charge in [0.15, 0.2) is 0 Å². The Bertz CT molecular complexity index is 185. The van der Waals surface area contributed by atoms with Gasteiger partial charge in [-0.3, -0.25) is 4.79 Å². The third-order valence-electron chi connectivity index (χ3n) is 2.77. The van der Waals surface area contributed by atoms with Crippen molar-refractivity contribution in [3.63, 3.8) is 0 Å². The van der Waals surface area contributed by atoms with Gasteiger partial charge in [0.2, 0.25) is 0 Å². The first-order valence-corrected chi connectivity index (χ1v) is 5.55. The van der Waals surface area contributed by atoms with Gasteiger partial charge in [-0.2, -0.15) is 0 Å². The summed E-state index contributed by atoms with van der Waals surface area (Å²) in [6.45, 7) is 9.90. The standard InChI is InChI=1S/C11H24N2O2/c1-7(2)9(8(3)4)5-13-6-10(12)11(14)15/h7-10,13H,5-6,12H2,1-4H3,(H,14,15). The molecule has 90 valence electrons. The normalized spacial score (nSPS) is 13.9. The Morgan fingerprint density at radius 1 is 1.20 bits per heavy atom. The molecule has 15 heavy (non-hydrogen) atoms. The molecule has 0 aliphatic rings. The van der Waals surface area contributed by atoms with E-state index in [4.69, 9.17) is 10.8 Å². The first kappa shape index (κ1) is 14.4. The van der Waals surface area contributed by atoms with Crippen molar-refractivity contribution in [2.45, 2.75) is 33.7 Å². The molecular weight excluding hydrogens is 192 g/mol. The second-order valence-electron chi connectivity index (χ2n) is 4.75. The minimum atomic E-state index is -0.951. The lowest BCUT2D eigenvalue weighted by molar-refractivity contribution is -0.138. The topological polar surface area (TPSA) is 75.3 Å². The summed E-state index contributed by atoms with van der Waals surface area (Å²) in [4.78, 5) is 10.5. The lowest BCUT2D eigenvalue weighted by Crippen LogP contribution is -2.42. The number of nitrogens with two attached hydrogens (primary N) is 1. The maximum atomic E-state index is 10.5. The Morgan fingerprint density at radius 3 is 2.00 bits per heavy atom. The van der Waals surface area contributed by atoms with Crippen molar-refractivity contribution in [3.05, 3.63) is 0 Å². The molecule has 4 nitrogen and oxygen atoms in total. The maximum Gasteiger partial charge on any atom is 0.321 e. The molecule has 0 fully saturated rings. The lowest BCUT2D eigenvalue weighted by atomic mass is 9.85. The van der Waals surface area contributed by atoms with Crippen LogP contribution in [0.2, 0.25) is 0 Å². The molecule has 4 heteroatoms. The number of hydrogen-bond acceptors (Lipinski definition) is 3. The zero-order valence-electron chi connectivity index (χ0n) is 10.2. The van der Waals surface area contributed by atoms with Gasteiger partial charge in [0.05, 0.1) is 0 Å². The van der Waals surface area contributed by atoms with Crippen LogP contribution < -0.4 is 11.1 Å². The van der Waals surface area contributed by atoms with Crippen LogP contribution in [0.15, 0.2) is 0 Å². The van der Waals surface area contributed by atoms with Gasteiger partial charge in [0, 0.05) is 6.54 Å². The van der Waals surface area contributed by atoms with Gasteiger partial charge >= 0.3 is 5.97 Å². The van der Waals surface area contributed by atoms with Crippen LogP contribution in [0.4, 0.5) is 0 Å². The van der Waals surface area contributed by atoms with Crippen molar-refractivity contribution < 1.29 is 9.90 Å². The van der Waals surface area contributed by atoms with Crippen molar-refractivity contribution in [2.75, 3.05) is 13.1 Å². The molecule has 0 aliphatic carbocycles. The SMILES string of the molecule is CC(C)C(CNCC(N)C(=O)O)C(C)C. The molecule has 0 spiro atoms. The molecule has 0 aromatic carbocycles. The maximum absolute atomic E-state index is 10.5. The summed E-state index contributed by atoms with van der Waals surface area (Å²) in [5, 5.41) is 11.7. The van der Waals surface area contributed by atoms with Gasteiger partial charge in [0.25, 0.3) is 0 Å². The van der Waals surface area contributed by atoms with Crippen LogP contribution in [0.1, 0.15) is 27.7 Å². The minimum Gasteiger partial charge on any atom is -0.480 e. The van der Waals surface area contributed by atoms with E-state index in [1.807, 2.05) is 0 Å². The predicted octanol–water partition coefficient (Wildman–Crippen LogP) is 0.916. The zero-order valence-corrected chi connectivity index (χ0v) is 10.2. The Hall–Kier alpha value is -0.610. The van der Waals surface area contributed by atoms with Gasteiger partial charge in [-0.15, -0.1) is 0 Å². The summed E-state index contributed by atoms with van der Waals surface area (Å²) >= 11 is 0. The van der Waals surface area contributed by atoms with Crippen molar-refractivity contribution >= 4 is 5.97 Å². The molecule has 0 aliphatic heterocycles. The van der Waals surface area contributed by atoms with Crippen molar-refractivity contribution in [2.24, 2.45) is 23.5 Å². The fourth-order valence-corrected chi connectivity index (χ4v) is 1.73. The molecule has 0 aromatic heterocycles. The number of carboxylic acid groups (broad SMARTS) is 1. The van der Waals surface area contributed by atoms with Crippen LogP contribution in [0, 0.1) is 17.8 Å². The van der Waals surface area contributed by atoms with E-state index < -0.39 is 12.0 Å². The second kappa shape index (κ2) is 6.80. The van der Waals surface area contributed by atoms with Gasteiger partial charge in [-0.05, 0) is 24.3 Å². The third kappa shape index (κ3) is 5.74. The van der Waals surface area contributed by atoms with Crippen molar-refractivity contribution in [1.29, 1.82) is 0 Å². The van der Waals surface area contributed by atoms with Crippen LogP contribution in [-0.2, 0) is 4.79 Å². The molecule has 0 radical (unpaired) electrons. The molecule has 4 N–H and O–H groups in total. The van der Waals surface area contributed by atoms with Gasteiger partial charge in [-0.25, -0.2) is 0 Å². The van der Waals surface area contributed by atoms with Gasteiger partial charge in [-0.1, -0.05) is 27.7 Å². The highest BCUT2D eigenvalue weighted by Gasteiger charge is 2.18. The van der Waals surface area contributed by atoms with Crippen LogP contribution in [-0.4, -0.2) is 30.2 Å². The lowest BCUT2D eigenvalue weighted by Gasteiger charge is -2.25. The summed E-state index contributed by atoms with van der Waals surface area (Å²) in [6.07, 6.45) is 0. The largest absolute Gasteiger partial charge is 0.480 e. The fraction of sp³-hybridized carbons (Fsp3) is 0.909. The molecule has 0 amide bonds. The Balaban J connectivity index is 3.86. The van der Waals surface area contributed by atoms with E-state index >= 15 is 0 Å². The highest BCUT2D eigenvalue weighted by molar-refractivity contribution is 5.73. The van der Waals surface area contributed by atoms with E-state index in [1.54, 1.807) is 0 Å². The molecular formula is C11H24N2O2. The molecule has 0 saturated heterocycles. The van der Waals surface area contributed by atoms with Crippen LogP contribution >= 0.6 is 0 Å². The monoisotopic (exact) mass is 216 g/mol. The van der Waals surface area contributed by atoms with Crippen LogP contribution in [0.3, 0.4) is 0 Å². The van der Waals surface area contributed by atoms with Gasteiger partial charge in [0.1, 0.15) is 6.04 Å². The number of carboxylic acids is 1. The Labute approximate surface area is 92.2 Å². The molecule has 1 atom stereocenters. The summed E-state index contributed by atoms with van der Waals surface area (Å²) in [7, 11) is 0. The van der Waals surface area contributed by atoms with E-state index in [1.165, 1.54) is 0 Å². The van der Waals surface area contributed by atoms with Crippen LogP contribution in [0.5, 0.6) is 0 Å². The summed E-state index contributed by atoms with van der Waals surface area (Å²) in [6, 6.07) is -0.801. The number of aliphatic carboxylic acids is 1. The molecule has 1 unspecified atom stereocenters. The average Bonchev–Trinajstić information content (AvgIpc) is 2.10. The molecule has 0 aromatic rings. The fourth-order valence-electron chi connectivity index (χ4n) is 1.73. The highest BCUT2D eigenvalue weighted by Crippen LogP contribution is 2.19. The highest BCUT2D eigenvalue weighted by atomic mass is 16.4. The quantitative estimate of drug-likeness (QED) is 0.591. The number of nitrogens with one attached hydrogen (secondary N) is 1. The first-order chi connectivity index (χ1) is 6.86. The van der Waals surface area contributed by atoms with E-state index in [2.05, 4.69) is 33.0 Å². The summed E-state index contributed by atoms with van der Waals surface area (Å²) < 4.78 is 0. The van der Waals surface area contributed by atoms with E-state index in [-0.39, 0.29) is 0 Å². The number of carbonyl (C=O) groups is 1. The number of hydrogen-bond donors (Lipinski definition) is 3. The van der Waals surface area contributed by atoms with Crippen LogP contribution in [0.25, 0.3) is 0 Å². The van der Waals surface area contributed by atoms with E-state index in [0.717, 1.165) is 6.54 Å². The van der Waals surface area contributed by atoms with Crippen molar-refractivity contribution in [1.82, 2.24) is 5.32 Å². The molecule has 0 saturated carbocycles. The first-order valence-electron chi connectivity index (χ1n) is 5.55. The molecule has 0 bridgehead atoms. The minimum absolute atomic E-state index is 0.339. The molecule has 0 heterocycles. The summed E-state index contributed by atoms with van der Waals surface area (Å²) in [5.41, 5.74) is 5.39. The summed E-state index contributed by atoms with van der Waals surface area (Å²) in [5.74, 6) is 0.802. The third-order valence-corrected chi connectivity index (χ3v) is 2.77. The average molecular weight is 216 g/mol.